The van der Waals surface area contributed by atoms with Crippen LogP contribution in [0.5, 0.6) is 0 Å². The first-order valence-electron chi connectivity index (χ1n) is 6.46. The Balaban J connectivity index is 2.17. The molecule has 0 aliphatic rings. The predicted octanol–water partition coefficient (Wildman–Crippen LogP) is 2.81. The molecule has 0 saturated carbocycles. The molecule has 20 heavy (non-hydrogen) atoms. The number of aromatic nitrogens is 2. The monoisotopic (exact) mass is 269 g/mol. The van der Waals surface area contributed by atoms with Crippen LogP contribution in [0.1, 0.15) is 25.3 Å². The van der Waals surface area contributed by atoms with Gasteiger partial charge in [0.2, 0.25) is 0 Å². The smallest absolute Gasteiger partial charge is 0.348 e. The normalized spacial score (nSPS) is 11.3. The highest BCUT2D eigenvalue weighted by molar-refractivity contribution is 5.98. The highest BCUT2D eigenvalue weighted by Gasteiger charge is 2.10. The topological polar surface area (TPSA) is 78.8 Å². The first-order chi connectivity index (χ1) is 9.74. The first kappa shape index (κ1) is 13.8. The van der Waals surface area contributed by atoms with E-state index in [2.05, 4.69) is 9.97 Å². The number of hydrogen-bond donors (Lipinski definition) is 1. The molecule has 2 aromatic rings. The Labute approximate surface area is 116 Å². The fourth-order valence-electron chi connectivity index (χ4n) is 1.73. The van der Waals surface area contributed by atoms with Crippen molar-refractivity contribution in [3.05, 3.63) is 35.7 Å². The Morgan fingerprint density at radius 2 is 2.40 bits per heavy atom. The standard InChI is InChI=1S/C15H15N3O2/c1-2-3-6-20-15(19)12(9-16)7-11-4-5-13-14(8-11)18-10-17-13/h4-5,7-8,10H,2-3,6H2,1H3,(H,17,18). The van der Waals surface area contributed by atoms with Gasteiger partial charge in [0.25, 0.3) is 0 Å². The molecule has 0 atom stereocenters. The summed E-state index contributed by atoms with van der Waals surface area (Å²) in [5.41, 5.74) is 2.45. The first-order valence-corrected chi connectivity index (χ1v) is 6.46. The SMILES string of the molecule is CCCCOC(=O)C(C#N)=Cc1ccc2nc[nH]c2c1. The van der Waals surface area contributed by atoms with Gasteiger partial charge in [-0.1, -0.05) is 19.4 Å². The van der Waals surface area contributed by atoms with Gasteiger partial charge in [0, 0.05) is 0 Å². The number of imidazole rings is 1. The van der Waals surface area contributed by atoms with Crippen molar-refractivity contribution >= 4 is 23.1 Å². The number of fused-ring (bicyclic) bond motifs is 1. The van der Waals surface area contributed by atoms with Gasteiger partial charge in [-0.2, -0.15) is 5.26 Å². The lowest BCUT2D eigenvalue weighted by molar-refractivity contribution is -0.138. The molecule has 0 fully saturated rings. The van der Waals surface area contributed by atoms with E-state index < -0.39 is 5.97 Å². The highest BCUT2D eigenvalue weighted by Crippen LogP contribution is 2.15. The minimum Gasteiger partial charge on any atom is -0.462 e. The number of hydrogen-bond acceptors (Lipinski definition) is 4. The number of rotatable bonds is 5. The molecule has 1 aromatic heterocycles. The van der Waals surface area contributed by atoms with E-state index in [0.29, 0.717) is 6.61 Å². The van der Waals surface area contributed by atoms with Crippen molar-refractivity contribution in [1.82, 2.24) is 9.97 Å². The second-order valence-electron chi connectivity index (χ2n) is 4.34. The van der Waals surface area contributed by atoms with Crippen LogP contribution in [0.25, 0.3) is 17.1 Å². The number of unbranched alkanes of at least 4 members (excludes halogenated alkanes) is 1. The summed E-state index contributed by atoms with van der Waals surface area (Å²) in [6.07, 6.45) is 4.86. The summed E-state index contributed by atoms with van der Waals surface area (Å²) in [5, 5.41) is 9.05. The summed E-state index contributed by atoms with van der Waals surface area (Å²) in [6, 6.07) is 7.35. The van der Waals surface area contributed by atoms with Gasteiger partial charge in [0.1, 0.15) is 11.6 Å². The van der Waals surface area contributed by atoms with Crippen LogP contribution in [0.3, 0.4) is 0 Å². The molecule has 0 saturated heterocycles. The number of carbonyl (C=O) groups excluding carboxylic acids is 1. The second kappa shape index (κ2) is 6.53. The van der Waals surface area contributed by atoms with Gasteiger partial charge in [-0.15, -0.1) is 0 Å². The largest absolute Gasteiger partial charge is 0.462 e. The van der Waals surface area contributed by atoms with Crippen molar-refractivity contribution in [2.24, 2.45) is 0 Å². The van der Waals surface area contributed by atoms with Crippen molar-refractivity contribution in [3.63, 3.8) is 0 Å². The molecule has 0 radical (unpaired) electrons. The maximum absolute atomic E-state index is 11.7. The van der Waals surface area contributed by atoms with Crippen LogP contribution >= 0.6 is 0 Å². The van der Waals surface area contributed by atoms with Gasteiger partial charge in [-0.05, 0) is 30.2 Å². The minimum atomic E-state index is -0.578. The van der Waals surface area contributed by atoms with Crippen LogP contribution in [0.2, 0.25) is 0 Å². The summed E-state index contributed by atoms with van der Waals surface area (Å²) in [5.74, 6) is -0.578. The summed E-state index contributed by atoms with van der Waals surface area (Å²) in [7, 11) is 0. The Bertz CT molecular complexity index is 680. The Kier molecular flexibility index (Phi) is 4.51. The Morgan fingerprint density at radius 3 is 3.15 bits per heavy atom. The summed E-state index contributed by atoms with van der Waals surface area (Å²) >= 11 is 0. The number of H-pyrrole nitrogens is 1. The molecule has 0 aliphatic carbocycles. The zero-order valence-electron chi connectivity index (χ0n) is 11.2. The number of aromatic amines is 1. The van der Waals surface area contributed by atoms with Crippen LogP contribution in [-0.4, -0.2) is 22.5 Å². The molecule has 5 nitrogen and oxygen atoms in total. The second-order valence-corrected chi connectivity index (χ2v) is 4.34. The van der Waals surface area contributed by atoms with Gasteiger partial charge in [-0.3, -0.25) is 0 Å². The van der Waals surface area contributed by atoms with Crippen molar-refractivity contribution in [3.8, 4) is 6.07 Å². The molecule has 0 bridgehead atoms. The van der Waals surface area contributed by atoms with E-state index in [9.17, 15) is 4.79 Å². The van der Waals surface area contributed by atoms with Crippen molar-refractivity contribution < 1.29 is 9.53 Å². The summed E-state index contributed by atoms with van der Waals surface area (Å²) in [4.78, 5) is 18.8. The van der Waals surface area contributed by atoms with E-state index in [-0.39, 0.29) is 5.57 Å². The van der Waals surface area contributed by atoms with Crippen LogP contribution in [0.15, 0.2) is 30.1 Å². The molecule has 1 heterocycles. The fraction of sp³-hybridized carbons (Fsp3) is 0.267. The highest BCUT2D eigenvalue weighted by atomic mass is 16.5. The van der Waals surface area contributed by atoms with Crippen molar-refractivity contribution in [1.29, 1.82) is 5.26 Å². The molecule has 0 aliphatic heterocycles. The van der Waals surface area contributed by atoms with E-state index in [1.54, 1.807) is 12.4 Å². The van der Waals surface area contributed by atoms with Gasteiger partial charge in [0.15, 0.2) is 0 Å². The van der Waals surface area contributed by atoms with Gasteiger partial charge in [-0.25, -0.2) is 9.78 Å². The molecule has 0 spiro atoms. The van der Waals surface area contributed by atoms with Crippen LogP contribution in [0.4, 0.5) is 0 Å². The number of ether oxygens (including phenoxy) is 1. The quantitative estimate of drug-likeness (QED) is 0.392. The average molecular weight is 269 g/mol. The van der Waals surface area contributed by atoms with Crippen LogP contribution < -0.4 is 0 Å². The molecule has 1 N–H and O–H groups in total. The van der Waals surface area contributed by atoms with E-state index in [1.165, 1.54) is 6.08 Å². The van der Waals surface area contributed by atoms with Crippen LogP contribution in [-0.2, 0) is 9.53 Å². The number of nitriles is 1. The number of carbonyl (C=O) groups is 1. The predicted molar refractivity (Wildman–Crippen MR) is 75.6 cm³/mol. The molecule has 102 valence electrons. The Hall–Kier alpha value is -2.61. The number of benzene rings is 1. The fourth-order valence-corrected chi connectivity index (χ4v) is 1.73. The maximum atomic E-state index is 11.7. The minimum absolute atomic E-state index is 0.0000293. The van der Waals surface area contributed by atoms with Crippen LogP contribution in [0, 0.1) is 11.3 Å². The third-order valence-electron chi connectivity index (χ3n) is 2.83. The zero-order valence-corrected chi connectivity index (χ0v) is 11.2. The van der Waals surface area contributed by atoms with Crippen molar-refractivity contribution in [2.75, 3.05) is 6.61 Å². The number of nitrogens with one attached hydrogen (secondary N) is 1. The maximum Gasteiger partial charge on any atom is 0.348 e. The average Bonchev–Trinajstić information content (AvgIpc) is 2.92. The van der Waals surface area contributed by atoms with E-state index in [0.717, 1.165) is 29.4 Å². The van der Waals surface area contributed by atoms with E-state index in [4.69, 9.17) is 10.00 Å². The number of esters is 1. The molecule has 0 unspecified atom stereocenters. The van der Waals surface area contributed by atoms with Gasteiger partial charge in [0.05, 0.1) is 24.0 Å². The molecule has 5 heteroatoms. The third kappa shape index (κ3) is 3.23. The zero-order chi connectivity index (χ0) is 14.4. The third-order valence-corrected chi connectivity index (χ3v) is 2.83. The lowest BCUT2D eigenvalue weighted by Gasteiger charge is -2.02. The lowest BCUT2D eigenvalue weighted by atomic mass is 10.1. The Morgan fingerprint density at radius 1 is 1.55 bits per heavy atom. The molecular weight excluding hydrogens is 254 g/mol. The molecule has 1 aromatic carbocycles. The molecule has 2 rings (SSSR count). The van der Waals surface area contributed by atoms with Gasteiger partial charge >= 0.3 is 5.97 Å². The number of nitrogens with zero attached hydrogens (tertiary/aromatic N) is 2. The lowest BCUT2D eigenvalue weighted by Crippen LogP contribution is -2.07. The summed E-state index contributed by atoms with van der Waals surface area (Å²) in [6.45, 7) is 2.35. The molecule has 0 amide bonds. The van der Waals surface area contributed by atoms with E-state index in [1.807, 2.05) is 25.1 Å². The van der Waals surface area contributed by atoms with Crippen molar-refractivity contribution in [2.45, 2.75) is 19.8 Å². The molecular formula is C15H15N3O2. The van der Waals surface area contributed by atoms with E-state index >= 15 is 0 Å². The van der Waals surface area contributed by atoms with Gasteiger partial charge < -0.3 is 9.72 Å². The summed E-state index contributed by atoms with van der Waals surface area (Å²) < 4.78 is 5.03.